The largest absolute Gasteiger partial charge is 0.387 e. The highest BCUT2D eigenvalue weighted by atomic mass is 79.9. The van der Waals surface area contributed by atoms with Crippen molar-refractivity contribution in [2.75, 3.05) is 28.5 Å². The Kier molecular flexibility index (Phi) is 9.89. The number of halogens is 2. The summed E-state index contributed by atoms with van der Waals surface area (Å²) in [4.78, 5) is 0.290. The predicted molar refractivity (Wildman–Crippen MR) is 157 cm³/mol. The molecule has 16 heteroatoms. The first-order valence-corrected chi connectivity index (χ1v) is 15.7. The highest BCUT2D eigenvalue weighted by Crippen LogP contribution is 2.32. The van der Waals surface area contributed by atoms with E-state index in [1.165, 1.54) is 13.1 Å². The molecule has 4 rings (SSSR count). The Hall–Kier alpha value is -3.11. The van der Waals surface area contributed by atoms with Crippen molar-refractivity contribution < 1.29 is 25.9 Å². The van der Waals surface area contributed by atoms with Gasteiger partial charge in [-0.1, -0.05) is 40.1 Å². The molecule has 2 heterocycles. The van der Waals surface area contributed by atoms with E-state index in [2.05, 4.69) is 41.7 Å². The van der Waals surface area contributed by atoms with Crippen LogP contribution in [0.4, 0.5) is 17.5 Å². The minimum absolute atomic E-state index is 0.0894. The minimum Gasteiger partial charge on any atom is -0.387 e. The first kappa shape index (κ1) is 31.4. The maximum absolute atomic E-state index is 12.6. The zero-order valence-corrected chi connectivity index (χ0v) is 26.4. The molecule has 3 N–H and O–H groups in total. The molecule has 40 heavy (non-hydrogen) atoms. The summed E-state index contributed by atoms with van der Waals surface area (Å²) in [6, 6.07) is 11.7. The summed E-state index contributed by atoms with van der Waals surface area (Å²) in [7, 11) is -4.45. The van der Waals surface area contributed by atoms with Gasteiger partial charge in [0.25, 0.3) is 31.8 Å². The van der Waals surface area contributed by atoms with Crippen LogP contribution in [-0.2, 0) is 20.0 Å². The van der Waals surface area contributed by atoms with Crippen LogP contribution in [0.15, 0.2) is 65.8 Å². The molecule has 0 radical (unpaired) electrons. The summed E-state index contributed by atoms with van der Waals surface area (Å²) in [5.41, 5.74) is 5.76. The van der Waals surface area contributed by atoms with Crippen LogP contribution < -0.4 is 19.9 Å². The lowest BCUT2D eigenvalue weighted by atomic mass is 10.2. The fraction of sp³-hybridized carbons (Fsp3) is 0.250. The van der Waals surface area contributed by atoms with Crippen molar-refractivity contribution in [3.8, 4) is 0 Å². The Morgan fingerprint density at radius 1 is 0.900 bits per heavy atom. The lowest BCUT2D eigenvalue weighted by Crippen LogP contribution is -2.40. The lowest BCUT2D eigenvalue weighted by Gasteiger charge is -2.20. The van der Waals surface area contributed by atoms with Gasteiger partial charge in [0, 0.05) is 14.1 Å². The summed E-state index contributed by atoms with van der Waals surface area (Å²) in [5, 5.41) is 10.3. The number of nitrogens with zero attached hydrogens (tertiary/aromatic N) is 3. The van der Waals surface area contributed by atoms with Gasteiger partial charge in [-0.3, -0.25) is 0 Å². The number of hydrogen-bond donors (Lipinski definition) is 3. The van der Waals surface area contributed by atoms with Gasteiger partial charge in [-0.2, -0.15) is 12.8 Å². The standard InChI is InChI=1S/C12H14BrN3O3S.C12H14ClN3O3S/c1-8-5-4-6-10(7-8)20(17,18)16(14-3)12-11(13)9(2)15-19-12;1-7-4-5-9(14-3)10(6-7)20(17,18)16-12-11(13)8(2)15-19-12/h4-7,14H,1-3H3;4-6,14,16H,1-3H3. The van der Waals surface area contributed by atoms with Crippen molar-refractivity contribution in [1.82, 2.24) is 15.7 Å². The lowest BCUT2D eigenvalue weighted by molar-refractivity contribution is 0.414. The third kappa shape index (κ3) is 6.78. The van der Waals surface area contributed by atoms with Gasteiger partial charge in [-0.15, -0.1) is 0 Å². The number of anilines is 3. The second kappa shape index (κ2) is 12.6. The number of rotatable bonds is 8. The molecular formula is C24H28BrClN6O6S2. The molecule has 2 aromatic heterocycles. The Bertz CT molecular complexity index is 1720. The average molecular weight is 676 g/mol. The van der Waals surface area contributed by atoms with E-state index in [1.807, 2.05) is 26.0 Å². The van der Waals surface area contributed by atoms with Gasteiger partial charge in [0.05, 0.1) is 16.3 Å². The molecule has 0 saturated carbocycles. The number of aryl methyl sites for hydroxylation is 4. The van der Waals surface area contributed by atoms with E-state index >= 15 is 0 Å². The maximum Gasteiger partial charge on any atom is 0.280 e. The first-order chi connectivity index (χ1) is 18.7. The van der Waals surface area contributed by atoms with Crippen LogP contribution in [-0.4, -0.2) is 41.2 Å². The third-order valence-corrected chi connectivity index (χ3v) is 9.81. The van der Waals surface area contributed by atoms with Gasteiger partial charge in [-0.25, -0.2) is 18.6 Å². The first-order valence-electron chi connectivity index (χ1n) is 11.6. The summed E-state index contributed by atoms with van der Waals surface area (Å²) in [5.74, 6) is -0.000711. The van der Waals surface area contributed by atoms with Gasteiger partial charge in [0.15, 0.2) is 0 Å². The molecule has 0 fully saturated rings. The molecule has 0 atom stereocenters. The molecule has 0 amide bonds. The summed E-state index contributed by atoms with van der Waals surface area (Å²) >= 11 is 9.18. The second-order valence-corrected chi connectivity index (χ2v) is 13.1. The highest BCUT2D eigenvalue weighted by Gasteiger charge is 2.30. The molecule has 12 nitrogen and oxygen atoms in total. The van der Waals surface area contributed by atoms with Crippen LogP contribution in [0.25, 0.3) is 0 Å². The number of sulfonamides is 2. The second-order valence-electron chi connectivity index (χ2n) is 8.46. The Labute approximate surface area is 246 Å². The SMILES string of the molecule is CNN(c1onc(C)c1Br)S(=O)(=O)c1cccc(C)c1.CNc1ccc(C)cc1S(=O)(=O)Nc1onc(C)c1Cl. The quantitative estimate of drug-likeness (QED) is 0.213. The topological polar surface area (TPSA) is 160 Å². The van der Waals surface area contributed by atoms with Gasteiger partial charge < -0.3 is 14.4 Å². The molecule has 0 aliphatic rings. The Morgan fingerprint density at radius 3 is 2.08 bits per heavy atom. The number of benzene rings is 2. The van der Waals surface area contributed by atoms with E-state index in [0.717, 1.165) is 15.5 Å². The molecule has 0 aliphatic carbocycles. The van der Waals surface area contributed by atoms with Crippen molar-refractivity contribution in [2.24, 2.45) is 0 Å². The molecule has 0 unspecified atom stereocenters. The van der Waals surface area contributed by atoms with E-state index in [4.69, 9.17) is 20.6 Å². The fourth-order valence-electron chi connectivity index (χ4n) is 3.34. The molecule has 0 bridgehead atoms. The molecule has 0 aliphatic heterocycles. The molecule has 216 valence electrons. The normalized spacial score (nSPS) is 11.5. The summed E-state index contributed by atoms with van der Waals surface area (Å²) in [6.45, 7) is 6.97. The van der Waals surface area contributed by atoms with Crippen LogP contribution in [0.3, 0.4) is 0 Å². The van der Waals surface area contributed by atoms with Crippen molar-refractivity contribution in [2.45, 2.75) is 37.5 Å². The molecule has 2 aromatic carbocycles. The Morgan fingerprint density at radius 2 is 1.55 bits per heavy atom. The zero-order valence-electron chi connectivity index (χ0n) is 22.4. The van der Waals surface area contributed by atoms with Crippen molar-refractivity contribution in [3.63, 3.8) is 0 Å². The van der Waals surface area contributed by atoms with Crippen LogP contribution in [0.2, 0.25) is 5.02 Å². The highest BCUT2D eigenvalue weighted by molar-refractivity contribution is 9.10. The van der Waals surface area contributed by atoms with Crippen LogP contribution in [0.1, 0.15) is 22.5 Å². The molecule has 0 spiro atoms. The smallest absolute Gasteiger partial charge is 0.280 e. The number of hydrogen-bond acceptors (Lipinski definition) is 10. The van der Waals surface area contributed by atoms with Gasteiger partial charge >= 0.3 is 0 Å². The maximum atomic E-state index is 12.6. The van der Waals surface area contributed by atoms with Gasteiger partial charge in [-0.05, 0) is 79.0 Å². The van der Waals surface area contributed by atoms with E-state index in [9.17, 15) is 16.8 Å². The molecule has 0 saturated heterocycles. The average Bonchev–Trinajstić information content (AvgIpc) is 3.40. The monoisotopic (exact) mass is 674 g/mol. The minimum atomic E-state index is -3.82. The third-order valence-electron chi connectivity index (χ3n) is 5.40. The Balaban J connectivity index is 0.000000220. The van der Waals surface area contributed by atoms with Gasteiger partial charge in [0.1, 0.15) is 20.1 Å². The summed E-state index contributed by atoms with van der Waals surface area (Å²) in [6.07, 6.45) is 0. The van der Waals surface area contributed by atoms with E-state index < -0.39 is 20.0 Å². The van der Waals surface area contributed by atoms with Crippen molar-refractivity contribution in [1.29, 1.82) is 0 Å². The summed E-state index contributed by atoms with van der Waals surface area (Å²) < 4.78 is 63.7. The number of nitrogens with one attached hydrogen (secondary N) is 3. The molecule has 4 aromatic rings. The zero-order chi connectivity index (χ0) is 29.8. The van der Waals surface area contributed by atoms with Gasteiger partial charge in [0.2, 0.25) is 0 Å². The van der Waals surface area contributed by atoms with Crippen LogP contribution in [0, 0.1) is 27.7 Å². The van der Waals surface area contributed by atoms with Crippen molar-refractivity contribution >= 4 is 65.0 Å². The van der Waals surface area contributed by atoms with E-state index in [1.54, 1.807) is 45.2 Å². The number of aromatic nitrogens is 2. The van der Waals surface area contributed by atoms with Crippen LogP contribution >= 0.6 is 27.5 Å². The van der Waals surface area contributed by atoms with E-state index in [-0.39, 0.29) is 26.6 Å². The fourth-order valence-corrected chi connectivity index (χ4v) is 6.63. The number of hydrazine groups is 1. The van der Waals surface area contributed by atoms with Crippen molar-refractivity contribution in [3.05, 3.63) is 74.5 Å². The van der Waals surface area contributed by atoms with E-state index in [0.29, 0.717) is 21.5 Å². The van der Waals surface area contributed by atoms with Crippen LogP contribution in [0.5, 0.6) is 0 Å². The molecular weight excluding hydrogens is 648 g/mol. The predicted octanol–water partition coefficient (Wildman–Crippen LogP) is 5.17.